The summed E-state index contributed by atoms with van der Waals surface area (Å²) in [5.74, 6) is 1.36. The molecule has 5 atom stereocenters. The lowest BCUT2D eigenvalue weighted by molar-refractivity contribution is 0.154. The Morgan fingerprint density at radius 3 is 2.52 bits per heavy atom. The summed E-state index contributed by atoms with van der Waals surface area (Å²) in [6.45, 7) is 5.15. The maximum atomic E-state index is 12.9. The number of fused-ring (bicyclic) bond motifs is 1. The zero-order chi connectivity index (χ0) is 19.4. The summed E-state index contributed by atoms with van der Waals surface area (Å²) < 4.78 is 28.6. The first-order valence-corrected chi connectivity index (χ1v) is 12.3. The van der Waals surface area contributed by atoms with Crippen molar-refractivity contribution in [3.05, 3.63) is 0 Å². The summed E-state index contributed by atoms with van der Waals surface area (Å²) >= 11 is 0. The molecule has 0 bridgehead atoms. The molecular weight excluding hydrogens is 362 g/mol. The largest absolute Gasteiger partial charge is 0.323 e. The van der Waals surface area contributed by atoms with Gasteiger partial charge in [-0.25, -0.2) is 17.9 Å². The number of rotatable bonds is 5. The lowest BCUT2D eigenvalue weighted by Gasteiger charge is -2.37. The standard InChI is InChI=1S/C20H35N3O3S/c1-14-5-4-6-15(11-14)13-23-17-8-7-16(12-18(17)22(3)19(23)24)27(25,26)21-20(2)9-10-20/h14-18,21H,4-13H2,1-3H3. The van der Waals surface area contributed by atoms with Crippen LogP contribution in [0.2, 0.25) is 0 Å². The highest BCUT2D eigenvalue weighted by Gasteiger charge is 2.51. The SMILES string of the molecule is CC1CCCC(CN2C(=O)N(C)C3CC(S(=O)(=O)NC4(C)CC4)CCC32)C1. The second-order valence-electron chi connectivity index (χ2n) is 9.96. The van der Waals surface area contributed by atoms with Crippen molar-refractivity contribution in [3.63, 3.8) is 0 Å². The second kappa shape index (κ2) is 6.90. The van der Waals surface area contributed by atoms with E-state index in [0.29, 0.717) is 18.8 Å². The Kier molecular flexibility index (Phi) is 4.98. The maximum absolute atomic E-state index is 12.9. The van der Waals surface area contributed by atoms with E-state index in [4.69, 9.17) is 0 Å². The minimum absolute atomic E-state index is 0.0286. The van der Waals surface area contributed by atoms with Gasteiger partial charge < -0.3 is 9.80 Å². The number of carbonyl (C=O) groups excluding carboxylic acids is 1. The zero-order valence-corrected chi connectivity index (χ0v) is 17.8. The molecule has 4 fully saturated rings. The molecule has 1 heterocycles. The predicted octanol–water partition coefficient (Wildman–Crippen LogP) is 2.94. The lowest BCUT2D eigenvalue weighted by atomic mass is 9.81. The van der Waals surface area contributed by atoms with E-state index in [9.17, 15) is 13.2 Å². The van der Waals surface area contributed by atoms with Crippen LogP contribution in [0, 0.1) is 11.8 Å². The van der Waals surface area contributed by atoms with Crippen molar-refractivity contribution in [1.29, 1.82) is 0 Å². The zero-order valence-electron chi connectivity index (χ0n) is 17.0. The van der Waals surface area contributed by atoms with Gasteiger partial charge in [0.15, 0.2) is 0 Å². The van der Waals surface area contributed by atoms with Gasteiger partial charge in [0.05, 0.1) is 17.3 Å². The van der Waals surface area contributed by atoms with E-state index >= 15 is 0 Å². The van der Waals surface area contributed by atoms with E-state index in [0.717, 1.165) is 31.7 Å². The Balaban J connectivity index is 1.43. The molecule has 3 saturated carbocycles. The molecule has 6 nitrogen and oxygen atoms in total. The minimum Gasteiger partial charge on any atom is -0.323 e. The number of hydrogen-bond acceptors (Lipinski definition) is 3. The summed E-state index contributed by atoms with van der Waals surface area (Å²) in [6.07, 6.45) is 8.88. The van der Waals surface area contributed by atoms with Crippen LogP contribution in [0.4, 0.5) is 4.79 Å². The van der Waals surface area contributed by atoms with E-state index in [1.165, 1.54) is 25.7 Å². The van der Waals surface area contributed by atoms with Crippen molar-refractivity contribution >= 4 is 16.1 Å². The van der Waals surface area contributed by atoms with Gasteiger partial charge in [-0.15, -0.1) is 0 Å². The molecule has 0 radical (unpaired) electrons. The van der Waals surface area contributed by atoms with Crippen LogP contribution in [0.3, 0.4) is 0 Å². The smallest absolute Gasteiger partial charge is 0.320 e. The summed E-state index contributed by atoms with van der Waals surface area (Å²) in [5.41, 5.74) is -0.225. The van der Waals surface area contributed by atoms with Gasteiger partial charge in [-0.3, -0.25) is 0 Å². The number of carbonyl (C=O) groups is 1. The average molecular weight is 398 g/mol. The minimum atomic E-state index is -3.32. The fraction of sp³-hybridized carbons (Fsp3) is 0.950. The Morgan fingerprint density at radius 1 is 1.11 bits per heavy atom. The van der Waals surface area contributed by atoms with E-state index in [1.807, 2.05) is 18.9 Å². The lowest BCUT2D eigenvalue weighted by Crippen LogP contribution is -2.50. The van der Waals surface area contributed by atoms with Gasteiger partial charge in [-0.05, 0) is 63.7 Å². The average Bonchev–Trinajstić information content (AvgIpc) is 3.28. The molecule has 0 aromatic rings. The first-order chi connectivity index (χ1) is 12.7. The quantitative estimate of drug-likeness (QED) is 0.775. The molecular formula is C20H35N3O3S. The first kappa shape index (κ1) is 19.5. The van der Waals surface area contributed by atoms with Crippen LogP contribution in [0.25, 0.3) is 0 Å². The van der Waals surface area contributed by atoms with Crippen LogP contribution >= 0.6 is 0 Å². The fourth-order valence-corrected chi connectivity index (χ4v) is 7.53. The molecule has 0 aromatic heterocycles. The van der Waals surface area contributed by atoms with Crippen LogP contribution in [0.5, 0.6) is 0 Å². The number of nitrogens with zero attached hydrogens (tertiary/aromatic N) is 2. The van der Waals surface area contributed by atoms with E-state index in [2.05, 4.69) is 16.5 Å². The molecule has 0 spiro atoms. The highest BCUT2D eigenvalue weighted by atomic mass is 32.2. The van der Waals surface area contributed by atoms with Crippen molar-refractivity contribution in [2.75, 3.05) is 13.6 Å². The molecule has 1 N–H and O–H groups in total. The van der Waals surface area contributed by atoms with Crippen LogP contribution in [0.15, 0.2) is 0 Å². The van der Waals surface area contributed by atoms with Gasteiger partial charge in [0, 0.05) is 19.1 Å². The summed E-state index contributed by atoms with van der Waals surface area (Å²) in [7, 11) is -1.46. The highest BCUT2D eigenvalue weighted by molar-refractivity contribution is 7.90. The Bertz CT molecular complexity index is 691. The van der Waals surface area contributed by atoms with Crippen LogP contribution < -0.4 is 4.72 Å². The summed E-state index contributed by atoms with van der Waals surface area (Å²) in [6, 6.07) is 0.312. The Hall–Kier alpha value is -0.820. The molecule has 27 heavy (non-hydrogen) atoms. The van der Waals surface area contributed by atoms with E-state index in [1.54, 1.807) is 0 Å². The third-order valence-corrected chi connectivity index (χ3v) is 9.59. The van der Waals surface area contributed by atoms with Crippen LogP contribution in [-0.2, 0) is 10.0 Å². The van der Waals surface area contributed by atoms with Crippen molar-refractivity contribution in [3.8, 4) is 0 Å². The van der Waals surface area contributed by atoms with E-state index < -0.39 is 10.0 Å². The topological polar surface area (TPSA) is 69.7 Å². The Morgan fingerprint density at radius 2 is 1.85 bits per heavy atom. The predicted molar refractivity (Wildman–Crippen MR) is 106 cm³/mol. The van der Waals surface area contributed by atoms with Gasteiger partial charge in [0.2, 0.25) is 10.0 Å². The van der Waals surface area contributed by atoms with Crippen molar-refractivity contribution < 1.29 is 13.2 Å². The number of sulfonamides is 1. The van der Waals surface area contributed by atoms with Gasteiger partial charge in [0.25, 0.3) is 0 Å². The first-order valence-electron chi connectivity index (χ1n) is 10.7. The van der Waals surface area contributed by atoms with Crippen LogP contribution in [0.1, 0.15) is 71.6 Å². The molecule has 1 aliphatic heterocycles. The number of likely N-dealkylation sites (N-methyl/N-ethyl adjacent to an activating group) is 1. The number of urea groups is 1. The number of amides is 2. The third kappa shape index (κ3) is 3.86. The molecule has 4 aliphatic rings. The van der Waals surface area contributed by atoms with Gasteiger partial charge in [0.1, 0.15) is 0 Å². The van der Waals surface area contributed by atoms with Crippen molar-refractivity contribution in [2.24, 2.45) is 11.8 Å². The highest BCUT2D eigenvalue weighted by Crippen LogP contribution is 2.40. The molecule has 5 unspecified atom stereocenters. The molecule has 0 aromatic carbocycles. The number of hydrogen-bond donors (Lipinski definition) is 1. The second-order valence-corrected chi connectivity index (χ2v) is 11.9. The Labute approximate surface area is 164 Å². The van der Waals surface area contributed by atoms with Gasteiger partial charge in [-0.2, -0.15) is 0 Å². The van der Waals surface area contributed by atoms with E-state index in [-0.39, 0.29) is 28.9 Å². The van der Waals surface area contributed by atoms with Gasteiger partial charge >= 0.3 is 6.03 Å². The molecule has 154 valence electrons. The summed E-state index contributed by atoms with van der Waals surface area (Å²) in [5, 5.41) is -0.374. The molecule has 7 heteroatoms. The molecule has 2 amide bonds. The number of nitrogens with one attached hydrogen (secondary N) is 1. The van der Waals surface area contributed by atoms with Crippen LogP contribution in [-0.4, -0.2) is 60.7 Å². The van der Waals surface area contributed by atoms with Crippen molar-refractivity contribution in [1.82, 2.24) is 14.5 Å². The van der Waals surface area contributed by atoms with Crippen molar-refractivity contribution in [2.45, 2.75) is 94.5 Å². The fourth-order valence-electron chi connectivity index (χ4n) is 5.57. The molecule has 3 aliphatic carbocycles. The third-order valence-electron chi connectivity index (χ3n) is 7.51. The van der Waals surface area contributed by atoms with Gasteiger partial charge in [-0.1, -0.05) is 19.8 Å². The molecule has 4 rings (SSSR count). The molecule has 1 saturated heterocycles. The monoisotopic (exact) mass is 397 g/mol. The maximum Gasteiger partial charge on any atom is 0.320 e. The normalized spacial score (nSPS) is 38.8. The summed E-state index contributed by atoms with van der Waals surface area (Å²) in [4.78, 5) is 16.8.